The van der Waals surface area contributed by atoms with Crippen LogP contribution in [0.15, 0.2) is 70.4 Å². The van der Waals surface area contributed by atoms with Gasteiger partial charge >= 0.3 is 0 Å². The van der Waals surface area contributed by atoms with Gasteiger partial charge in [-0.2, -0.15) is 0 Å². The molecule has 4 aliphatic carbocycles. The van der Waals surface area contributed by atoms with Gasteiger partial charge in [-0.1, -0.05) is 18.2 Å². The molecule has 1 aromatic carbocycles. The fourth-order valence-electron chi connectivity index (χ4n) is 3.50. The Morgan fingerprint density at radius 2 is 1.86 bits per heavy atom. The van der Waals surface area contributed by atoms with Gasteiger partial charge in [-0.15, -0.1) is 0 Å². The first kappa shape index (κ1) is 12.2. The van der Waals surface area contributed by atoms with Gasteiger partial charge in [0.2, 0.25) is 0 Å². The van der Waals surface area contributed by atoms with Crippen LogP contribution < -0.4 is 5.32 Å². The molecule has 0 aliphatic heterocycles. The van der Waals surface area contributed by atoms with Crippen molar-refractivity contribution >= 4 is 5.91 Å². The predicted octanol–water partition coefficient (Wildman–Crippen LogP) is 3.44. The maximum atomic E-state index is 13.1. The Balaban J connectivity index is 1.43. The van der Waals surface area contributed by atoms with Crippen molar-refractivity contribution in [2.24, 2.45) is 0 Å². The Morgan fingerprint density at radius 1 is 1.09 bits per heavy atom. The molecular weight excluding hydrogens is 277 g/mol. The number of fused-ring (bicyclic) bond motifs is 2. The fourth-order valence-corrected chi connectivity index (χ4v) is 3.50. The van der Waals surface area contributed by atoms with Crippen LogP contribution in [0.1, 0.15) is 24.8 Å². The van der Waals surface area contributed by atoms with Gasteiger partial charge < -0.3 is 5.32 Å². The van der Waals surface area contributed by atoms with E-state index in [-0.39, 0.29) is 17.3 Å². The highest BCUT2D eigenvalue weighted by atomic mass is 19.1. The van der Waals surface area contributed by atoms with Crippen molar-refractivity contribution in [3.8, 4) is 0 Å². The third-order valence-electron chi connectivity index (χ3n) is 5.01. The number of halogens is 1. The lowest BCUT2D eigenvalue weighted by Gasteiger charge is -2.18. The number of hydrogen-bond acceptors (Lipinski definition) is 1. The summed E-state index contributed by atoms with van der Waals surface area (Å²) in [4.78, 5) is 12.7. The smallest absolute Gasteiger partial charge is 0.252 e. The van der Waals surface area contributed by atoms with E-state index < -0.39 is 0 Å². The molecule has 0 heterocycles. The second-order valence-electron chi connectivity index (χ2n) is 6.44. The average molecular weight is 291 g/mol. The van der Waals surface area contributed by atoms with Crippen LogP contribution in [0, 0.1) is 5.82 Å². The summed E-state index contributed by atoms with van der Waals surface area (Å²) in [5.74, 6) is -0.274. The van der Waals surface area contributed by atoms with Gasteiger partial charge in [0.15, 0.2) is 0 Å². The molecule has 1 amide bonds. The van der Waals surface area contributed by atoms with Gasteiger partial charge in [0, 0.05) is 5.57 Å². The highest BCUT2D eigenvalue weighted by Crippen LogP contribution is 2.52. The summed E-state index contributed by atoms with van der Waals surface area (Å²) in [5, 5.41) is 3.17. The maximum Gasteiger partial charge on any atom is 0.252 e. The third kappa shape index (κ3) is 1.62. The molecule has 108 valence electrons. The van der Waals surface area contributed by atoms with E-state index in [9.17, 15) is 9.18 Å². The molecule has 4 aliphatic rings. The summed E-state index contributed by atoms with van der Waals surface area (Å²) in [5.41, 5.74) is 6.51. The monoisotopic (exact) mass is 291 g/mol. The van der Waals surface area contributed by atoms with Crippen molar-refractivity contribution < 1.29 is 9.18 Å². The summed E-state index contributed by atoms with van der Waals surface area (Å²) < 4.78 is 13.1. The Kier molecular flexibility index (Phi) is 2.13. The van der Waals surface area contributed by atoms with E-state index in [2.05, 4.69) is 11.4 Å². The first-order valence-corrected chi connectivity index (χ1v) is 7.62. The minimum Gasteiger partial charge on any atom is -0.343 e. The largest absolute Gasteiger partial charge is 0.343 e. The van der Waals surface area contributed by atoms with E-state index >= 15 is 0 Å². The number of rotatable bonds is 3. The van der Waals surface area contributed by atoms with Gasteiger partial charge in [-0.3, -0.25) is 4.79 Å². The number of amides is 1. The van der Waals surface area contributed by atoms with Crippen molar-refractivity contribution in [1.82, 2.24) is 5.32 Å². The highest BCUT2D eigenvalue weighted by molar-refractivity contribution is 6.02. The standard InChI is InChI=1S/C19H14FNO/c20-13-3-1-12(2-4-13)19(7-8-19)21-18(22)15-6-5-14-16-9-11(16)10-17(14)15/h1-6,10H,7-9H2,(H,21,22). The van der Waals surface area contributed by atoms with Crippen molar-refractivity contribution in [2.45, 2.75) is 24.8 Å². The van der Waals surface area contributed by atoms with E-state index in [0.717, 1.165) is 36.0 Å². The summed E-state index contributed by atoms with van der Waals surface area (Å²) in [7, 11) is 0. The van der Waals surface area contributed by atoms with Crippen LogP contribution in [-0.4, -0.2) is 5.91 Å². The maximum absolute atomic E-state index is 13.1. The van der Waals surface area contributed by atoms with Crippen LogP contribution in [0.25, 0.3) is 0 Å². The van der Waals surface area contributed by atoms with Gasteiger partial charge in [-0.05, 0) is 71.4 Å². The normalized spacial score (nSPS) is 22.5. The number of hydrogen-bond donors (Lipinski definition) is 1. The molecule has 22 heavy (non-hydrogen) atoms. The molecule has 0 atom stereocenters. The van der Waals surface area contributed by atoms with E-state index in [4.69, 9.17) is 0 Å². The topological polar surface area (TPSA) is 29.1 Å². The molecule has 0 spiro atoms. The van der Waals surface area contributed by atoms with Gasteiger partial charge in [0.1, 0.15) is 5.82 Å². The quantitative estimate of drug-likeness (QED) is 0.908. The molecule has 2 nitrogen and oxygen atoms in total. The SMILES string of the molecule is O=C(NC1(c2ccc(F)cc2)CC1)C1=C2C=C3CC3=C2C=C1. The predicted molar refractivity (Wildman–Crippen MR) is 81.3 cm³/mol. The average Bonchev–Trinajstić information content (AvgIpc) is 3.37. The van der Waals surface area contributed by atoms with Gasteiger partial charge in [0.05, 0.1) is 5.54 Å². The zero-order valence-corrected chi connectivity index (χ0v) is 11.9. The number of nitrogens with one attached hydrogen (secondary N) is 1. The number of benzene rings is 1. The van der Waals surface area contributed by atoms with Crippen molar-refractivity contribution in [1.29, 1.82) is 0 Å². The molecule has 0 saturated heterocycles. The molecule has 0 unspecified atom stereocenters. The van der Waals surface area contributed by atoms with Crippen molar-refractivity contribution in [2.75, 3.05) is 0 Å². The molecule has 0 aromatic heterocycles. The number of carbonyl (C=O) groups is 1. The van der Waals surface area contributed by atoms with Crippen molar-refractivity contribution in [3.05, 3.63) is 81.7 Å². The molecule has 2 fully saturated rings. The summed E-state index contributed by atoms with van der Waals surface area (Å²) in [6.45, 7) is 0. The van der Waals surface area contributed by atoms with Gasteiger partial charge in [0.25, 0.3) is 5.91 Å². The lowest BCUT2D eigenvalue weighted by Crippen LogP contribution is -2.35. The number of allylic oxidation sites excluding steroid dienone is 6. The highest BCUT2D eigenvalue weighted by Gasteiger charge is 2.46. The van der Waals surface area contributed by atoms with Crippen LogP contribution in [0.2, 0.25) is 0 Å². The Morgan fingerprint density at radius 3 is 2.59 bits per heavy atom. The molecule has 2 saturated carbocycles. The molecule has 1 aromatic rings. The molecular formula is C19H14FNO. The molecule has 5 rings (SSSR count). The fraction of sp³-hybridized carbons (Fsp3) is 0.211. The minimum atomic E-state index is -0.309. The van der Waals surface area contributed by atoms with Crippen LogP contribution in [0.5, 0.6) is 0 Å². The summed E-state index contributed by atoms with van der Waals surface area (Å²) >= 11 is 0. The zero-order chi connectivity index (χ0) is 14.9. The van der Waals surface area contributed by atoms with E-state index in [1.54, 1.807) is 12.1 Å². The summed E-state index contributed by atoms with van der Waals surface area (Å²) in [6.07, 6.45) is 9.00. The first-order chi connectivity index (χ1) is 10.7. The first-order valence-electron chi connectivity index (χ1n) is 7.62. The van der Waals surface area contributed by atoms with Crippen LogP contribution in [0.4, 0.5) is 4.39 Å². The lowest BCUT2D eigenvalue weighted by molar-refractivity contribution is -0.118. The second kappa shape index (κ2) is 3.86. The van der Waals surface area contributed by atoms with Gasteiger partial charge in [-0.25, -0.2) is 4.39 Å². The minimum absolute atomic E-state index is 0.0261. The number of carbonyl (C=O) groups excluding carboxylic acids is 1. The Bertz CT molecular complexity index is 848. The second-order valence-corrected chi connectivity index (χ2v) is 6.44. The third-order valence-corrected chi connectivity index (χ3v) is 5.01. The van der Waals surface area contributed by atoms with Crippen LogP contribution in [-0.2, 0) is 10.3 Å². The van der Waals surface area contributed by atoms with Crippen molar-refractivity contribution in [3.63, 3.8) is 0 Å². The Hall–Kier alpha value is -2.42. The van der Waals surface area contributed by atoms with Crippen LogP contribution >= 0.6 is 0 Å². The summed E-state index contributed by atoms with van der Waals surface area (Å²) in [6, 6.07) is 6.45. The lowest BCUT2D eigenvalue weighted by atomic mass is 10.0. The molecule has 3 heteroatoms. The molecule has 0 radical (unpaired) electrons. The van der Waals surface area contributed by atoms with E-state index in [1.807, 2.05) is 12.2 Å². The van der Waals surface area contributed by atoms with E-state index in [1.165, 1.54) is 28.9 Å². The molecule has 0 bridgehead atoms. The Labute approximate surface area is 127 Å². The zero-order valence-electron chi connectivity index (χ0n) is 11.9. The van der Waals surface area contributed by atoms with E-state index in [0.29, 0.717) is 0 Å². The van der Waals surface area contributed by atoms with Crippen LogP contribution in [0.3, 0.4) is 0 Å². The molecule has 1 N–H and O–H groups in total.